The van der Waals surface area contributed by atoms with E-state index >= 15 is 0 Å². The number of carbonyl (C=O) groups excluding carboxylic acids is 1. The largest absolute Gasteiger partial charge is 0.351 e. The molecule has 3 rings (SSSR count). The predicted molar refractivity (Wildman–Crippen MR) is 89.8 cm³/mol. The zero-order valence-electron chi connectivity index (χ0n) is 13.9. The lowest BCUT2D eigenvalue weighted by atomic mass is 10.1. The minimum absolute atomic E-state index is 0.000280. The number of anilines is 1. The van der Waals surface area contributed by atoms with Gasteiger partial charge in [0.25, 0.3) is 5.91 Å². The van der Waals surface area contributed by atoms with Crippen molar-refractivity contribution in [1.29, 1.82) is 0 Å². The van der Waals surface area contributed by atoms with E-state index in [1.54, 1.807) is 19.0 Å². The van der Waals surface area contributed by atoms with E-state index in [1.807, 2.05) is 36.4 Å². The average molecular weight is 325 g/mol. The maximum Gasteiger partial charge on any atom is 0.253 e. The van der Waals surface area contributed by atoms with Crippen molar-refractivity contribution in [2.45, 2.75) is 13.5 Å². The molecule has 0 aliphatic rings. The van der Waals surface area contributed by atoms with Crippen LogP contribution in [-0.2, 0) is 6.54 Å². The number of aromatic nitrogens is 5. The molecule has 24 heavy (non-hydrogen) atoms. The predicted octanol–water partition coefficient (Wildman–Crippen LogP) is 1.25. The molecule has 0 unspecified atom stereocenters. The molecule has 0 atom stereocenters. The van der Waals surface area contributed by atoms with Crippen LogP contribution in [0.5, 0.6) is 0 Å². The van der Waals surface area contributed by atoms with Crippen molar-refractivity contribution < 1.29 is 4.79 Å². The molecule has 0 radical (unpaired) electrons. The van der Waals surface area contributed by atoms with Gasteiger partial charge in [0.05, 0.1) is 0 Å². The second-order valence-corrected chi connectivity index (χ2v) is 5.63. The maximum absolute atomic E-state index is 11.9. The molecule has 0 bridgehead atoms. The number of hydrogen-bond acceptors (Lipinski definition) is 6. The molecule has 0 fully saturated rings. The molecule has 0 saturated carbocycles. The van der Waals surface area contributed by atoms with Crippen molar-refractivity contribution in [1.82, 2.24) is 30.2 Å². The number of amides is 1. The summed E-state index contributed by atoms with van der Waals surface area (Å²) in [5.41, 5.74) is 2.40. The Labute approximate surface area is 139 Å². The minimum Gasteiger partial charge on any atom is -0.351 e. The van der Waals surface area contributed by atoms with Crippen molar-refractivity contribution in [2.24, 2.45) is 0 Å². The number of benzene rings is 1. The minimum atomic E-state index is -0.000280. The van der Waals surface area contributed by atoms with Gasteiger partial charge in [0.1, 0.15) is 0 Å². The molecule has 124 valence electrons. The van der Waals surface area contributed by atoms with Gasteiger partial charge in [-0.25, -0.2) is 0 Å². The fraction of sp³-hybridized carbons (Fsp3) is 0.312. The number of rotatable bonds is 5. The van der Waals surface area contributed by atoms with Crippen molar-refractivity contribution in [3.05, 3.63) is 47.5 Å². The molecule has 8 heteroatoms. The fourth-order valence-electron chi connectivity index (χ4n) is 2.39. The van der Waals surface area contributed by atoms with Gasteiger partial charge in [0, 0.05) is 32.7 Å². The summed E-state index contributed by atoms with van der Waals surface area (Å²) in [5.74, 6) is 0.797. The lowest BCUT2D eigenvalue weighted by Crippen LogP contribution is -2.24. The summed E-state index contributed by atoms with van der Waals surface area (Å²) < 4.78 is 1.41. The van der Waals surface area contributed by atoms with Gasteiger partial charge in [0.2, 0.25) is 0 Å². The summed E-state index contributed by atoms with van der Waals surface area (Å²) in [7, 11) is 3.49. The van der Waals surface area contributed by atoms with Crippen LogP contribution < -0.4 is 4.90 Å². The van der Waals surface area contributed by atoms with Gasteiger partial charge >= 0.3 is 0 Å². The normalized spacial score (nSPS) is 10.8. The molecular formula is C16H19N7O. The van der Waals surface area contributed by atoms with Gasteiger partial charge in [-0.15, -0.1) is 14.8 Å². The summed E-state index contributed by atoms with van der Waals surface area (Å²) in [6, 6.07) is 11.4. The van der Waals surface area contributed by atoms with Crippen molar-refractivity contribution >= 4 is 17.4 Å². The molecule has 8 nitrogen and oxygen atoms in total. The monoisotopic (exact) mass is 325 g/mol. The van der Waals surface area contributed by atoms with Crippen LogP contribution in [0, 0.1) is 0 Å². The third kappa shape index (κ3) is 3.17. The number of fused-ring (bicyclic) bond motifs is 1. The van der Waals surface area contributed by atoms with Crippen LogP contribution in [0.25, 0.3) is 5.65 Å². The fourth-order valence-corrected chi connectivity index (χ4v) is 2.39. The SMILES string of the molecule is CCN(Cc1ccc(C(=O)N(C)C)cc1)c1ccc2nnnn2n1. The smallest absolute Gasteiger partial charge is 0.253 e. The van der Waals surface area contributed by atoms with E-state index in [0.29, 0.717) is 17.8 Å². The highest BCUT2D eigenvalue weighted by atomic mass is 16.2. The lowest BCUT2D eigenvalue weighted by molar-refractivity contribution is 0.0827. The number of tetrazole rings is 1. The van der Waals surface area contributed by atoms with E-state index in [0.717, 1.165) is 17.9 Å². The van der Waals surface area contributed by atoms with Crippen molar-refractivity contribution in [3.8, 4) is 0 Å². The Bertz CT molecular complexity index is 841. The van der Waals surface area contributed by atoms with Crippen LogP contribution in [-0.4, -0.2) is 56.7 Å². The van der Waals surface area contributed by atoms with Crippen LogP contribution in [0.2, 0.25) is 0 Å². The molecule has 2 aromatic heterocycles. The molecule has 1 aromatic carbocycles. The number of nitrogens with zero attached hydrogens (tertiary/aromatic N) is 7. The molecule has 1 amide bonds. The molecule has 2 heterocycles. The highest BCUT2D eigenvalue weighted by molar-refractivity contribution is 5.93. The summed E-state index contributed by atoms with van der Waals surface area (Å²) in [6.45, 7) is 3.54. The second-order valence-electron chi connectivity index (χ2n) is 5.63. The van der Waals surface area contributed by atoms with Gasteiger partial charge in [-0.05, 0) is 47.2 Å². The van der Waals surface area contributed by atoms with E-state index in [-0.39, 0.29) is 5.91 Å². The van der Waals surface area contributed by atoms with Crippen LogP contribution in [0.4, 0.5) is 5.82 Å². The first-order valence-corrected chi connectivity index (χ1v) is 7.69. The number of carbonyl (C=O) groups is 1. The first kappa shape index (κ1) is 15.9. The molecule has 3 aromatic rings. The lowest BCUT2D eigenvalue weighted by Gasteiger charge is -2.21. The first-order chi connectivity index (χ1) is 11.6. The summed E-state index contributed by atoms with van der Waals surface area (Å²) >= 11 is 0. The van der Waals surface area contributed by atoms with E-state index < -0.39 is 0 Å². The Morgan fingerprint density at radius 2 is 1.88 bits per heavy atom. The zero-order valence-corrected chi connectivity index (χ0v) is 13.9. The van der Waals surface area contributed by atoms with Gasteiger partial charge in [-0.1, -0.05) is 12.1 Å². The molecule has 0 saturated heterocycles. The Balaban J connectivity index is 1.78. The van der Waals surface area contributed by atoms with Crippen molar-refractivity contribution in [2.75, 3.05) is 25.5 Å². The Morgan fingerprint density at radius 3 is 2.54 bits per heavy atom. The third-order valence-electron chi connectivity index (χ3n) is 3.74. The van der Waals surface area contributed by atoms with Crippen LogP contribution in [0.15, 0.2) is 36.4 Å². The van der Waals surface area contributed by atoms with Crippen molar-refractivity contribution in [3.63, 3.8) is 0 Å². The molecule has 0 N–H and O–H groups in total. The Hall–Kier alpha value is -3.03. The molecule has 0 aliphatic carbocycles. The molecule has 0 spiro atoms. The second kappa shape index (κ2) is 6.61. The van der Waals surface area contributed by atoms with E-state index in [1.165, 1.54) is 4.63 Å². The summed E-state index contributed by atoms with van der Waals surface area (Å²) in [4.78, 5) is 15.6. The summed E-state index contributed by atoms with van der Waals surface area (Å²) in [6.07, 6.45) is 0. The maximum atomic E-state index is 11.9. The van der Waals surface area contributed by atoms with Gasteiger partial charge in [-0.2, -0.15) is 0 Å². The van der Waals surface area contributed by atoms with E-state index in [4.69, 9.17) is 0 Å². The highest BCUT2D eigenvalue weighted by Crippen LogP contribution is 2.15. The molecular weight excluding hydrogens is 306 g/mol. The number of hydrogen-bond donors (Lipinski definition) is 0. The Morgan fingerprint density at radius 1 is 1.12 bits per heavy atom. The average Bonchev–Trinajstić information content (AvgIpc) is 3.07. The van der Waals surface area contributed by atoms with Gasteiger partial charge < -0.3 is 9.80 Å². The standard InChI is InChI=1S/C16H19N7O/c1-4-22(15-10-9-14-17-19-20-23(14)18-15)11-12-5-7-13(8-6-12)16(24)21(2)3/h5-10H,4,11H2,1-3H3. The van der Waals surface area contributed by atoms with Crippen LogP contribution in [0.3, 0.4) is 0 Å². The molecule has 0 aliphatic heterocycles. The van der Waals surface area contributed by atoms with Crippen LogP contribution in [0.1, 0.15) is 22.8 Å². The van der Waals surface area contributed by atoms with E-state index in [9.17, 15) is 4.79 Å². The third-order valence-corrected chi connectivity index (χ3v) is 3.74. The van der Waals surface area contributed by atoms with E-state index in [2.05, 4.69) is 32.4 Å². The van der Waals surface area contributed by atoms with Crippen LogP contribution >= 0.6 is 0 Å². The topological polar surface area (TPSA) is 79.5 Å². The van der Waals surface area contributed by atoms with Gasteiger partial charge in [-0.3, -0.25) is 4.79 Å². The quantitative estimate of drug-likeness (QED) is 0.702. The zero-order chi connectivity index (χ0) is 17.1. The highest BCUT2D eigenvalue weighted by Gasteiger charge is 2.11. The summed E-state index contributed by atoms with van der Waals surface area (Å²) in [5, 5.41) is 15.7. The van der Waals surface area contributed by atoms with Gasteiger partial charge in [0.15, 0.2) is 11.5 Å². The Kier molecular flexibility index (Phi) is 4.37. The first-order valence-electron chi connectivity index (χ1n) is 7.69.